The predicted molar refractivity (Wildman–Crippen MR) is 118 cm³/mol. The van der Waals surface area contributed by atoms with Crippen LogP contribution in [0.2, 0.25) is 18.1 Å². The zero-order valence-corrected chi connectivity index (χ0v) is 21.3. The van der Waals surface area contributed by atoms with Crippen molar-refractivity contribution in [2.24, 2.45) is 5.92 Å². The SMILES string of the molecule is COC[C@H]1O[C@@](C)(CC[C@H](C)CC(=O)OC)[C@H](O[Si](C)(C)C(C)(C)C)C[C@@H]1OC. The van der Waals surface area contributed by atoms with E-state index in [1.165, 1.54) is 7.11 Å². The van der Waals surface area contributed by atoms with Crippen LogP contribution in [0.4, 0.5) is 0 Å². The van der Waals surface area contributed by atoms with Crippen LogP contribution < -0.4 is 0 Å². The van der Waals surface area contributed by atoms with Gasteiger partial charge < -0.3 is 23.4 Å². The Morgan fingerprint density at radius 3 is 2.34 bits per heavy atom. The first-order valence-corrected chi connectivity index (χ1v) is 13.6. The van der Waals surface area contributed by atoms with Gasteiger partial charge in [-0.15, -0.1) is 0 Å². The van der Waals surface area contributed by atoms with Crippen LogP contribution in [0, 0.1) is 5.92 Å². The molecule has 1 aliphatic heterocycles. The van der Waals surface area contributed by atoms with Crippen molar-refractivity contribution in [2.75, 3.05) is 27.9 Å². The summed E-state index contributed by atoms with van der Waals surface area (Å²) in [7, 11) is 2.85. The molecular formula is C22H44O6Si. The van der Waals surface area contributed by atoms with Crippen LogP contribution in [0.25, 0.3) is 0 Å². The standard InChI is InChI=1S/C22H44O6Si/c1-16(13-20(23)26-8)11-12-22(5)19(28-29(9,10)21(2,3)4)14-17(25-7)18(27-22)15-24-6/h16-19H,11-15H2,1-10H3/t16-,17-,18+,19+,22-/m0/s1. The Morgan fingerprint density at radius 2 is 1.86 bits per heavy atom. The lowest BCUT2D eigenvalue weighted by molar-refractivity contribution is -0.233. The molecule has 172 valence electrons. The summed E-state index contributed by atoms with van der Waals surface area (Å²) in [4.78, 5) is 11.6. The zero-order chi connectivity index (χ0) is 22.5. The second-order valence-corrected chi connectivity index (χ2v) is 15.0. The number of esters is 1. The summed E-state index contributed by atoms with van der Waals surface area (Å²) < 4.78 is 29.4. The maximum Gasteiger partial charge on any atom is 0.305 e. The summed E-state index contributed by atoms with van der Waals surface area (Å²) in [5, 5.41) is 0.109. The molecule has 1 fully saturated rings. The highest BCUT2D eigenvalue weighted by Crippen LogP contribution is 2.43. The van der Waals surface area contributed by atoms with Crippen LogP contribution in [0.3, 0.4) is 0 Å². The van der Waals surface area contributed by atoms with Gasteiger partial charge in [-0.1, -0.05) is 27.7 Å². The fraction of sp³-hybridized carbons (Fsp3) is 0.955. The first kappa shape index (κ1) is 26.6. The highest BCUT2D eigenvalue weighted by molar-refractivity contribution is 6.74. The molecule has 0 radical (unpaired) electrons. The van der Waals surface area contributed by atoms with E-state index in [1.54, 1.807) is 14.2 Å². The number of rotatable bonds is 10. The lowest BCUT2D eigenvalue weighted by Gasteiger charge is -2.51. The number of carbonyl (C=O) groups excluding carboxylic acids is 1. The summed E-state index contributed by atoms with van der Waals surface area (Å²) in [6.45, 7) is 16.0. The van der Waals surface area contributed by atoms with Crippen LogP contribution >= 0.6 is 0 Å². The quantitative estimate of drug-likeness (QED) is 0.372. The van der Waals surface area contributed by atoms with Gasteiger partial charge in [0.15, 0.2) is 8.32 Å². The molecule has 0 aromatic rings. The molecule has 0 amide bonds. The van der Waals surface area contributed by atoms with Gasteiger partial charge in [-0.05, 0) is 43.8 Å². The predicted octanol–water partition coefficient (Wildman–Crippen LogP) is 4.57. The van der Waals surface area contributed by atoms with Crippen LogP contribution in [0.15, 0.2) is 0 Å². The number of methoxy groups -OCH3 is 3. The summed E-state index contributed by atoms with van der Waals surface area (Å²) in [6.07, 6.45) is 2.60. The molecule has 1 aliphatic rings. The van der Waals surface area contributed by atoms with Crippen molar-refractivity contribution in [3.05, 3.63) is 0 Å². The Kier molecular flexibility index (Phi) is 9.81. The molecule has 0 saturated carbocycles. The normalized spacial score (nSPS) is 29.5. The third-order valence-corrected chi connectivity index (χ3v) is 11.2. The first-order chi connectivity index (χ1) is 13.3. The molecule has 0 unspecified atom stereocenters. The summed E-state index contributed by atoms with van der Waals surface area (Å²) >= 11 is 0. The van der Waals surface area contributed by atoms with Crippen LogP contribution in [0.1, 0.15) is 60.3 Å². The molecular weight excluding hydrogens is 388 g/mol. The van der Waals surface area contributed by atoms with Gasteiger partial charge in [-0.3, -0.25) is 4.79 Å². The molecule has 29 heavy (non-hydrogen) atoms. The molecule has 0 spiro atoms. The minimum Gasteiger partial charge on any atom is -0.469 e. The van der Waals surface area contributed by atoms with E-state index >= 15 is 0 Å². The largest absolute Gasteiger partial charge is 0.469 e. The summed E-state index contributed by atoms with van der Waals surface area (Å²) in [5.41, 5.74) is -0.460. The Labute approximate surface area is 179 Å². The average Bonchev–Trinajstić information content (AvgIpc) is 2.61. The zero-order valence-electron chi connectivity index (χ0n) is 20.3. The van der Waals surface area contributed by atoms with Gasteiger partial charge in [0, 0.05) is 27.1 Å². The molecule has 5 atom stereocenters. The number of ether oxygens (including phenoxy) is 4. The van der Waals surface area contributed by atoms with Crippen LogP contribution in [-0.2, 0) is 28.2 Å². The second-order valence-electron chi connectivity index (χ2n) is 10.2. The highest BCUT2D eigenvalue weighted by Gasteiger charge is 2.50. The van der Waals surface area contributed by atoms with E-state index in [-0.39, 0.29) is 35.2 Å². The maximum atomic E-state index is 11.6. The van der Waals surface area contributed by atoms with E-state index in [9.17, 15) is 4.79 Å². The Bertz CT molecular complexity index is 518. The first-order valence-electron chi connectivity index (χ1n) is 10.7. The van der Waals surface area contributed by atoms with Crippen LogP contribution in [0.5, 0.6) is 0 Å². The Hall–Kier alpha value is -0.473. The molecule has 1 rings (SSSR count). The van der Waals surface area contributed by atoms with Gasteiger partial charge >= 0.3 is 5.97 Å². The molecule has 0 aromatic carbocycles. The van der Waals surface area contributed by atoms with E-state index in [4.69, 9.17) is 23.4 Å². The smallest absolute Gasteiger partial charge is 0.305 e. The fourth-order valence-corrected chi connectivity index (χ4v) is 5.00. The maximum absolute atomic E-state index is 11.6. The molecule has 0 aliphatic carbocycles. The third-order valence-electron chi connectivity index (χ3n) is 6.72. The number of carbonyl (C=O) groups is 1. The second kappa shape index (κ2) is 10.7. The summed E-state index contributed by atoms with van der Waals surface area (Å²) in [5.74, 6) is 0.0513. The van der Waals surface area contributed by atoms with Crippen molar-refractivity contribution >= 4 is 14.3 Å². The Balaban J connectivity index is 3.04. The van der Waals surface area contributed by atoms with E-state index in [0.29, 0.717) is 13.0 Å². The van der Waals surface area contributed by atoms with Crippen molar-refractivity contribution in [2.45, 2.75) is 102 Å². The molecule has 1 saturated heterocycles. The molecule has 7 heteroatoms. The van der Waals surface area contributed by atoms with Gasteiger partial charge in [0.1, 0.15) is 6.10 Å². The molecule has 0 bridgehead atoms. The topological polar surface area (TPSA) is 63.2 Å². The molecule has 0 aromatic heterocycles. The van der Waals surface area contributed by atoms with E-state index in [0.717, 1.165) is 19.3 Å². The van der Waals surface area contributed by atoms with Gasteiger partial charge in [0.2, 0.25) is 0 Å². The molecule has 1 heterocycles. The van der Waals surface area contributed by atoms with E-state index in [1.807, 2.05) is 0 Å². The van der Waals surface area contributed by atoms with Gasteiger partial charge in [0.25, 0.3) is 0 Å². The lowest BCUT2D eigenvalue weighted by atomic mass is 9.83. The summed E-state index contributed by atoms with van der Waals surface area (Å²) in [6, 6.07) is 0. The highest BCUT2D eigenvalue weighted by atomic mass is 28.4. The van der Waals surface area contributed by atoms with Crippen molar-refractivity contribution in [3.63, 3.8) is 0 Å². The minimum absolute atomic E-state index is 0.0632. The molecule has 0 N–H and O–H groups in total. The average molecular weight is 433 g/mol. The lowest BCUT2D eigenvalue weighted by Crippen LogP contribution is -2.60. The van der Waals surface area contributed by atoms with E-state index in [2.05, 4.69) is 47.7 Å². The minimum atomic E-state index is -1.99. The van der Waals surface area contributed by atoms with E-state index < -0.39 is 13.9 Å². The van der Waals surface area contributed by atoms with Crippen molar-refractivity contribution < 1.29 is 28.2 Å². The van der Waals surface area contributed by atoms with Crippen molar-refractivity contribution in [1.29, 1.82) is 0 Å². The van der Waals surface area contributed by atoms with Gasteiger partial charge in [0.05, 0.1) is 31.5 Å². The van der Waals surface area contributed by atoms with Gasteiger partial charge in [-0.2, -0.15) is 0 Å². The fourth-order valence-electron chi connectivity index (χ4n) is 3.59. The monoisotopic (exact) mass is 432 g/mol. The number of hydrogen-bond acceptors (Lipinski definition) is 6. The van der Waals surface area contributed by atoms with Gasteiger partial charge in [-0.25, -0.2) is 0 Å². The Morgan fingerprint density at radius 1 is 1.24 bits per heavy atom. The molecule has 6 nitrogen and oxygen atoms in total. The van der Waals surface area contributed by atoms with Crippen molar-refractivity contribution in [1.82, 2.24) is 0 Å². The third kappa shape index (κ3) is 7.31. The van der Waals surface area contributed by atoms with Crippen molar-refractivity contribution in [3.8, 4) is 0 Å². The number of hydrogen-bond donors (Lipinski definition) is 0. The van der Waals surface area contributed by atoms with Crippen LogP contribution in [-0.4, -0.2) is 66.1 Å².